The predicted octanol–water partition coefficient (Wildman–Crippen LogP) is 9.66. The largest absolute Gasteiger partial charge is 0.497 e. The number of ether oxygens (including phenoxy) is 3. The maximum absolute atomic E-state index is 7.33. The standard InChI is InChI=1S/C36H30Cl2O3/c1-35(2)32-29(19-23(37)20-30(32)38)31-26-7-5-6-8-27(26)34-28(33(31)35)17-18-36(41-34,21-9-13-24(39-3)14-10-21)22-11-15-25(40-4)16-12-22/h5-15,17-20,25H,16H2,1-4H3. The van der Waals surface area contributed by atoms with E-state index in [9.17, 15) is 0 Å². The fourth-order valence-corrected chi connectivity index (χ4v) is 7.65. The molecule has 3 aliphatic rings. The first-order valence-electron chi connectivity index (χ1n) is 13.8. The molecule has 206 valence electrons. The van der Waals surface area contributed by atoms with Crippen LogP contribution in [0.25, 0.3) is 28.0 Å². The first-order valence-corrected chi connectivity index (χ1v) is 14.6. The highest BCUT2D eigenvalue weighted by Crippen LogP contribution is 2.60. The van der Waals surface area contributed by atoms with Crippen molar-refractivity contribution in [1.29, 1.82) is 0 Å². The van der Waals surface area contributed by atoms with Gasteiger partial charge >= 0.3 is 0 Å². The average Bonchev–Trinajstić information content (AvgIpc) is 3.23. The van der Waals surface area contributed by atoms with E-state index in [4.69, 9.17) is 37.4 Å². The monoisotopic (exact) mass is 580 g/mol. The van der Waals surface area contributed by atoms with E-state index in [1.807, 2.05) is 24.3 Å². The maximum Gasteiger partial charge on any atom is 0.177 e. The Labute approximate surface area is 250 Å². The van der Waals surface area contributed by atoms with Gasteiger partial charge in [-0.05, 0) is 70.0 Å². The summed E-state index contributed by atoms with van der Waals surface area (Å²) in [5, 5.41) is 3.50. The lowest BCUT2D eigenvalue weighted by Gasteiger charge is -2.39. The molecule has 4 aromatic carbocycles. The summed E-state index contributed by atoms with van der Waals surface area (Å²) in [6.07, 6.45) is 11.7. The zero-order valence-electron chi connectivity index (χ0n) is 23.4. The first-order chi connectivity index (χ1) is 19.8. The SMILES string of the molecule is COc1ccc(C2(C3=CCC(OC)C=C3)C=Cc3c4c(c5ccccc5c3O2)-c2cc(Cl)cc(Cl)c2C4(C)C)cc1. The van der Waals surface area contributed by atoms with Crippen molar-refractivity contribution in [3.8, 4) is 22.6 Å². The van der Waals surface area contributed by atoms with E-state index in [0.717, 1.165) is 56.5 Å². The Balaban J connectivity index is 1.51. The molecule has 5 heteroatoms. The molecule has 0 bridgehead atoms. The van der Waals surface area contributed by atoms with E-state index in [1.165, 1.54) is 11.1 Å². The van der Waals surface area contributed by atoms with Crippen molar-refractivity contribution in [3.63, 3.8) is 0 Å². The zero-order valence-corrected chi connectivity index (χ0v) is 24.9. The first kappa shape index (κ1) is 26.4. The van der Waals surface area contributed by atoms with Gasteiger partial charge in [0.1, 0.15) is 11.5 Å². The second-order valence-electron chi connectivity index (χ2n) is 11.4. The van der Waals surface area contributed by atoms with Crippen LogP contribution >= 0.6 is 23.2 Å². The van der Waals surface area contributed by atoms with Gasteiger partial charge in [-0.25, -0.2) is 0 Å². The summed E-state index contributed by atoms with van der Waals surface area (Å²) in [6, 6.07) is 20.5. The maximum atomic E-state index is 7.33. The topological polar surface area (TPSA) is 27.7 Å². The fraction of sp³-hybridized carbons (Fsp3) is 0.222. The van der Waals surface area contributed by atoms with Crippen molar-refractivity contribution in [2.45, 2.75) is 37.4 Å². The highest BCUT2D eigenvalue weighted by atomic mass is 35.5. The van der Waals surface area contributed by atoms with Crippen molar-refractivity contribution in [3.05, 3.63) is 123 Å². The van der Waals surface area contributed by atoms with Gasteiger partial charge < -0.3 is 14.2 Å². The van der Waals surface area contributed by atoms with Crippen LogP contribution in [-0.4, -0.2) is 20.3 Å². The summed E-state index contributed by atoms with van der Waals surface area (Å²) >= 11 is 13.5. The number of fused-ring (bicyclic) bond motifs is 8. The van der Waals surface area contributed by atoms with E-state index in [-0.39, 0.29) is 11.5 Å². The number of rotatable bonds is 4. The molecule has 1 heterocycles. The van der Waals surface area contributed by atoms with Crippen LogP contribution in [0.15, 0.2) is 90.5 Å². The molecule has 3 nitrogen and oxygen atoms in total. The number of hydrogen-bond donors (Lipinski definition) is 0. The highest BCUT2D eigenvalue weighted by Gasteiger charge is 2.45. The zero-order chi connectivity index (χ0) is 28.5. The van der Waals surface area contributed by atoms with Gasteiger partial charge in [0.15, 0.2) is 5.60 Å². The lowest BCUT2D eigenvalue weighted by atomic mass is 9.76. The molecular formula is C36H30Cl2O3. The summed E-state index contributed by atoms with van der Waals surface area (Å²) < 4.78 is 18.4. The molecule has 2 aliphatic carbocycles. The minimum Gasteiger partial charge on any atom is -0.497 e. The van der Waals surface area contributed by atoms with Gasteiger partial charge in [-0.15, -0.1) is 0 Å². The van der Waals surface area contributed by atoms with Gasteiger partial charge in [0.05, 0.1) is 13.2 Å². The summed E-state index contributed by atoms with van der Waals surface area (Å²) in [4.78, 5) is 0. The van der Waals surface area contributed by atoms with Gasteiger partial charge in [-0.2, -0.15) is 0 Å². The Bertz CT molecular complexity index is 1810. The molecule has 2 unspecified atom stereocenters. The van der Waals surface area contributed by atoms with Crippen molar-refractivity contribution < 1.29 is 14.2 Å². The molecule has 7 rings (SSSR count). The number of benzene rings is 4. The third-order valence-electron chi connectivity index (χ3n) is 8.84. The van der Waals surface area contributed by atoms with Gasteiger partial charge in [0.2, 0.25) is 0 Å². The Morgan fingerprint density at radius 3 is 2.34 bits per heavy atom. The van der Waals surface area contributed by atoms with E-state index in [2.05, 4.69) is 80.6 Å². The number of halogens is 2. The molecule has 4 aromatic rings. The molecule has 1 aliphatic heterocycles. The summed E-state index contributed by atoms with van der Waals surface area (Å²) in [7, 11) is 3.42. The number of methoxy groups -OCH3 is 2. The molecule has 0 saturated carbocycles. The molecule has 0 saturated heterocycles. The Hall–Kier alpha value is -3.50. The summed E-state index contributed by atoms with van der Waals surface area (Å²) in [5.41, 5.74) is 6.55. The molecule has 0 spiro atoms. The van der Waals surface area contributed by atoms with Crippen LogP contribution in [0.1, 0.15) is 42.5 Å². The van der Waals surface area contributed by atoms with E-state index in [1.54, 1.807) is 14.2 Å². The van der Waals surface area contributed by atoms with Crippen LogP contribution < -0.4 is 9.47 Å². The van der Waals surface area contributed by atoms with Crippen LogP contribution in [0, 0.1) is 0 Å². The van der Waals surface area contributed by atoms with Gasteiger partial charge in [0.25, 0.3) is 0 Å². The van der Waals surface area contributed by atoms with Crippen LogP contribution in [0.2, 0.25) is 10.0 Å². The van der Waals surface area contributed by atoms with E-state index in [0.29, 0.717) is 10.0 Å². The second kappa shape index (κ2) is 9.52. The van der Waals surface area contributed by atoms with Crippen LogP contribution in [0.5, 0.6) is 11.5 Å². The van der Waals surface area contributed by atoms with Gasteiger partial charge in [-0.3, -0.25) is 0 Å². The van der Waals surface area contributed by atoms with Gasteiger partial charge in [-0.1, -0.05) is 97.8 Å². The smallest absolute Gasteiger partial charge is 0.177 e. The second-order valence-corrected chi connectivity index (χ2v) is 12.2. The minimum atomic E-state index is -0.831. The molecule has 0 amide bonds. The van der Waals surface area contributed by atoms with Crippen molar-refractivity contribution in [1.82, 2.24) is 0 Å². The molecule has 2 atom stereocenters. The van der Waals surface area contributed by atoms with Crippen molar-refractivity contribution in [2.75, 3.05) is 14.2 Å². The molecule has 0 fully saturated rings. The van der Waals surface area contributed by atoms with E-state index >= 15 is 0 Å². The van der Waals surface area contributed by atoms with Crippen LogP contribution in [-0.2, 0) is 15.8 Å². The van der Waals surface area contributed by atoms with Crippen LogP contribution in [0.3, 0.4) is 0 Å². The van der Waals surface area contributed by atoms with Crippen LogP contribution in [0.4, 0.5) is 0 Å². The third kappa shape index (κ3) is 3.83. The van der Waals surface area contributed by atoms with Crippen molar-refractivity contribution in [2.24, 2.45) is 0 Å². The normalized spacial score (nSPS) is 21.6. The summed E-state index contributed by atoms with van der Waals surface area (Å²) in [5.74, 6) is 1.67. The quantitative estimate of drug-likeness (QED) is 0.240. The Morgan fingerprint density at radius 1 is 0.902 bits per heavy atom. The highest BCUT2D eigenvalue weighted by molar-refractivity contribution is 6.36. The molecule has 0 aromatic heterocycles. The van der Waals surface area contributed by atoms with Crippen molar-refractivity contribution >= 4 is 40.1 Å². The minimum absolute atomic E-state index is 0.0477. The summed E-state index contributed by atoms with van der Waals surface area (Å²) in [6.45, 7) is 4.48. The lowest BCUT2D eigenvalue weighted by Crippen LogP contribution is -2.36. The van der Waals surface area contributed by atoms with Gasteiger partial charge in [0, 0.05) is 39.1 Å². The molecule has 41 heavy (non-hydrogen) atoms. The Kier molecular flexibility index (Phi) is 6.13. The fourth-order valence-electron chi connectivity index (χ4n) is 6.92. The van der Waals surface area contributed by atoms with E-state index < -0.39 is 5.60 Å². The molecule has 0 N–H and O–H groups in total. The number of hydrogen-bond acceptors (Lipinski definition) is 3. The lowest BCUT2D eigenvalue weighted by molar-refractivity contribution is 0.136. The predicted molar refractivity (Wildman–Crippen MR) is 169 cm³/mol. The third-order valence-corrected chi connectivity index (χ3v) is 9.35. The average molecular weight is 582 g/mol. The Morgan fingerprint density at radius 2 is 1.66 bits per heavy atom. The molecule has 0 radical (unpaired) electrons. The molecular weight excluding hydrogens is 551 g/mol.